The van der Waals surface area contributed by atoms with Crippen LogP contribution in [0, 0.1) is 5.92 Å². The average Bonchev–Trinajstić information content (AvgIpc) is 3.13. The molecule has 1 atom stereocenters. The van der Waals surface area contributed by atoms with Crippen molar-refractivity contribution in [1.82, 2.24) is 19.8 Å². The van der Waals surface area contributed by atoms with Gasteiger partial charge in [-0.3, -0.25) is 0 Å². The molecule has 1 N–H and O–H groups in total. The first-order valence-electron chi connectivity index (χ1n) is 8.39. The van der Waals surface area contributed by atoms with Crippen LogP contribution in [0.2, 0.25) is 0 Å². The van der Waals surface area contributed by atoms with Gasteiger partial charge in [-0.1, -0.05) is 12.8 Å². The van der Waals surface area contributed by atoms with Crippen molar-refractivity contribution in [3.05, 3.63) is 18.2 Å². The average molecular weight is 306 g/mol. The highest BCUT2D eigenvalue weighted by molar-refractivity contribution is 5.74. The maximum atomic E-state index is 12.6. The van der Waals surface area contributed by atoms with Crippen LogP contribution in [0.25, 0.3) is 0 Å². The van der Waals surface area contributed by atoms with E-state index < -0.39 is 0 Å². The van der Waals surface area contributed by atoms with Gasteiger partial charge in [-0.2, -0.15) is 0 Å². The molecule has 0 aromatic carbocycles. The van der Waals surface area contributed by atoms with Crippen molar-refractivity contribution in [2.45, 2.75) is 51.7 Å². The Labute approximate surface area is 131 Å². The number of hydrogen-bond donors (Lipinski definition) is 1. The predicted octanol–water partition coefficient (Wildman–Crippen LogP) is 2.00. The molecular formula is C16H26N4O2. The Balaban J connectivity index is 1.67. The lowest BCUT2D eigenvalue weighted by atomic mass is 10.1. The summed E-state index contributed by atoms with van der Waals surface area (Å²) in [5.41, 5.74) is 0. The Morgan fingerprint density at radius 1 is 1.41 bits per heavy atom. The molecule has 2 heterocycles. The lowest BCUT2D eigenvalue weighted by Gasteiger charge is -2.26. The second-order valence-electron chi connectivity index (χ2n) is 6.33. The minimum absolute atomic E-state index is 0.0462. The Morgan fingerprint density at radius 2 is 2.23 bits per heavy atom. The molecular weight excluding hydrogens is 280 g/mol. The van der Waals surface area contributed by atoms with E-state index in [9.17, 15) is 4.79 Å². The number of imidazole rings is 1. The number of hydrogen-bond acceptors (Lipinski definition) is 3. The van der Waals surface area contributed by atoms with Gasteiger partial charge in [0, 0.05) is 44.0 Å². The van der Waals surface area contributed by atoms with Gasteiger partial charge in [0.25, 0.3) is 0 Å². The lowest BCUT2D eigenvalue weighted by molar-refractivity contribution is 0.0910. The first kappa shape index (κ1) is 15.3. The van der Waals surface area contributed by atoms with Crippen LogP contribution >= 0.6 is 0 Å². The fourth-order valence-electron chi connectivity index (χ4n) is 3.42. The zero-order valence-electron chi connectivity index (χ0n) is 13.3. The van der Waals surface area contributed by atoms with Crippen LogP contribution in [0.1, 0.15) is 38.4 Å². The van der Waals surface area contributed by atoms with Gasteiger partial charge in [-0.05, 0) is 19.8 Å². The molecule has 2 aliphatic rings. The Morgan fingerprint density at radius 3 is 3.00 bits per heavy atom. The summed E-state index contributed by atoms with van der Waals surface area (Å²) in [6, 6.07) is 0.394. The van der Waals surface area contributed by atoms with Crippen LogP contribution in [0.4, 0.5) is 4.79 Å². The van der Waals surface area contributed by atoms with E-state index in [-0.39, 0.29) is 6.03 Å². The minimum Gasteiger partial charge on any atom is -0.381 e. The Kier molecular flexibility index (Phi) is 4.97. The van der Waals surface area contributed by atoms with Crippen LogP contribution < -0.4 is 5.32 Å². The number of carbonyl (C=O) groups is 1. The van der Waals surface area contributed by atoms with Crippen molar-refractivity contribution < 1.29 is 9.53 Å². The maximum absolute atomic E-state index is 12.6. The molecule has 0 saturated heterocycles. The number of amides is 2. The molecule has 6 heteroatoms. The van der Waals surface area contributed by atoms with Gasteiger partial charge in [0.1, 0.15) is 5.82 Å². The van der Waals surface area contributed by atoms with Gasteiger partial charge < -0.3 is 19.5 Å². The number of ether oxygens (including phenoxy) is 1. The van der Waals surface area contributed by atoms with E-state index in [2.05, 4.69) is 14.9 Å². The van der Waals surface area contributed by atoms with Gasteiger partial charge in [0.05, 0.1) is 13.2 Å². The van der Waals surface area contributed by atoms with Gasteiger partial charge in [-0.25, -0.2) is 9.78 Å². The van der Waals surface area contributed by atoms with Crippen LogP contribution in [-0.4, -0.2) is 46.3 Å². The summed E-state index contributed by atoms with van der Waals surface area (Å²) in [7, 11) is 0. The number of carbonyl (C=O) groups excluding carboxylic acids is 1. The van der Waals surface area contributed by atoms with Gasteiger partial charge in [0.2, 0.25) is 0 Å². The van der Waals surface area contributed by atoms with E-state index in [1.807, 2.05) is 24.2 Å². The predicted molar refractivity (Wildman–Crippen MR) is 83.4 cm³/mol. The monoisotopic (exact) mass is 306 g/mol. The number of aromatic nitrogens is 2. The quantitative estimate of drug-likeness (QED) is 0.925. The van der Waals surface area contributed by atoms with E-state index in [0.29, 0.717) is 31.7 Å². The fraction of sp³-hybridized carbons (Fsp3) is 0.750. The summed E-state index contributed by atoms with van der Waals surface area (Å²) in [6.07, 6.45) is 8.47. The van der Waals surface area contributed by atoms with E-state index in [4.69, 9.17) is 4.74 Å². The number of rotatable bonds is 4. The summed E-state index contributed by atoms with van der Waals surface area (Å²) in [6.45, 7) is 5.56. The first-order valence-corrected chi connectivity index (χ1v) is 8.39. The van der Waals surface area contributed by atoms with Crippen molar-refractivity contribution >= 4 is 6.03 Å². The summed E-state index contributed by atoms with van der Waals surface area (Å²) in [4.78, 5) is 18.9. The van der Waals surface area contributed by atoms with Gasteiger partial charge in [-0.15, -0.1) is 0 Å². The van der Waals surface area contributed by atoms with Crippen molar-refractivity contribution in [2.75, 3.05) is 19.8 Å². The molecule has 0 radical (unpaired) electrons. The van der Waals surface area contributed by atoms with E-state index in [1.54, 1.807) is 0 Å². The Bertz CT molecular complexity index is 496. The van der Waals surface area contributed by atoms with Crippen LogP contribution in [0.15, 0.2) is 12.4 Å². The molecule has 1 aromatic rings. The van der Waals surface area contributed by atoms with Crippen LogP contribution in [-0.2, 0) is 17.8 Å². The van der Waals surface area contributed by atoms with Crippen molar-refractivity contribution in [1.29, 1.82) is 0 Å². The summed E-state index contributed by atoms with van der Waals surface area (Å²) < 4.78 is 7.73. The fourth-order valence-corrected chi connectivity index (χ4v) is 3.42. The van der Waals surface area contributed by atoms with Crippen molar-refractivity contribution in [3.8, 4) is 0 Å². The summed E-state index contributed by atoms with van der Waals surface area (Å²) in [5, 5.41) is 3.19. The normalized spacial score (nSPS) is 22.4. The number of urea groups is 1. The SMILES string of the molecule is CCOC[C@H]1CN(C(=O)NC2CCCC2)Cc2nccn2C1. The minimum atomic E-state index is 0.0462. The van der Waals surface area contributed by atoms with E-state index >= 15 is 0 Å². The highest BCUT2D eigenvalue weighted by Gasteiger charge is 2.27. The second-order valence-corrected chi connectivity index (χ2v) is 6.33. The van der Waals surface area contributed by atoms with E-state index in [0.717, 1.165) is 31.8 Å². The molecule has 122 valence electrons. The van der Waals surface area contributed by atoms with Crippen LogP contribution in [0.5, 0.6) is 0 Å². The van der Waals surface area contributed by atoms with Crippen molar-refractivity contribution in [3.63, 3.8) is 0 Å². The molecule has 1 aromatic heterocycles. The third-order valence-corrected chi connectivity index (χ3v) is 4.60. The second kappa shape index (κ2) is 7.13. The zero-order chi connectivity index (χ0) is 15.4. The van der Waals surface area contributed by atoms with Gasteiger partial charge in [0.15, 0.2) is 0 Å². The summed E-state index contributed by atoms with van der Waals surface area (Å²) >= 11 is 0. The zero-order valence-corrected chi connectivity index (χ0v) is 13.3. The number of nitrogens with one attached hydrogen (secondary N) is 1. The maximum Gasteiger partial charge on any atom is 0.318 e. The van der Waals surface area contributed by atoms with Crippen LogP contribution in [0.3, 0.4) is 0 Å². The topological polar surface area (TPSA) is 59.4 Å². The third-order valence-electron chi connectivity index (χ3n) is 4.60. The molecule has 1 saturated carbocycles. The highest BCUT2D eigenvalue weighted by Crippen LogP contribution is 2.20. The molecule has 0 unspecified atom stereocenters. The van der Waals surface area contributed by atoms with Gasteiger partial charge >= 0.3 is 6.03 Å². The molecule has 3 rings (SSSR count). The molecule has 0 spiro atoms. The highest BCUT2D eigenvalue weighted by atomic mass is 16.5. The number of nitrogens with zero attached hydrogens (tertiary/aromatic N) is 3. The summed E-state index contributed by atoms with van der Waals surface area (Å²) in [5.74, 6) is 1.27. The smallest absolute Gasteiger partial charge is 0.318 e. The third kappa shape index (κ3) is 3.61. The molecule has 1 fully saturated rings. The number of fused-ring (bicyclic) bond motifs is 1. The largest absolute Gasteiger partial charge is 0.381 e. The molecule has 2 amide bonds. The lowest BCUT2D eigenvalue weighted by Crippen LogP contribution is -2.45. The molecule has 6 nitrogen and oxygen atoms in total. The standard InChI is InChI=1S/C16H26N4O2/c1-2-22-12-13-9-19-8-7-17-15(19)11-20(10-13)16(21)18-14-5-3-4-6-14/h7-8,13-14H,2-6,9-12H2,1H3,(H,18,21)/t13-/m1/s1. The first-order chi connectivity index (χ1) is 10.8. The van der Waals surface area contributed by atoms with Crippen molar-refractivity contribution in [2.24, 2.45) is 5.92 Å². The molecule has 1 aliphatic carbocycles. The van der Waals surface area contributed by atoms with E-state index in [1.165, 1.54) is 12.8 Å². The molecule has 22 heavy (non-hydrogen) atoms. The molecule has 1 aliphatic heterocycles. The Hall–Kier alpha value is -1.56. The molecule has 0 bridgehead atoms.